The number of methoxy groups -OCH3 is 1. The first kappa shape index (κ1) is 11.9. The lowest BCUT2D eigenvalue weighted by Crippen LogP contribution is -2.53. The highest BCUT2D eigenvalue weighted by atomic mass is 16.5. The van der Waals surface area contributed by atoms with Gasteiger partial charge >= 0.3 is 0 Å². The molecule has 0 aromatic rings. The van der Waals surface area contributed by atoms with Gasteiger partial charge in [-0.3, -0.25) is 0 Å². The minimum atomic E-state index is -0.201. The normalized spacial score (nSPS) is 36.7. The van der Waals surface area contributed by atoms with Gasteiger partial charge < -0.3 is 15.2 Å². The molecule has 1 fully saturated rings. The Morgan fingerprint density at radius 1 is 1.62 bits per heavy atom. The monoisotopic (exact) mass is 225 g/mol. The molecular weight excluding hydrogens is 202 g/mol. The van der Waals surface area contributed by atoms with Crippen molar-refractivity contribution in [2.24, 2.45) is 11.7 Å². The van der Waals surface area contributed by atoms with E-state index in [2.05, 4.69) is 13.0 Å². The molecule has 1 saturated carbocycles. The van der Waals surface area contributed by atoms with Gasteiger partial charge in [0, 0.05) is 13.5 Å². The van der Waals surface area contributed by atoms with Crippen molar-refractivity contribution >= 4 is 0 Å². The van der Waals surface area contributed by atoms with Gasteiger partial charge in [0.05, 0.1) is 18.2 Å². The van der Waals surface area contributed by atoms with E-state index < -0.39 is 0 Å². The maximum Gasteiger partial charge on any atom is 0.112 e. The first-order chi connectivity index (χ1) is 7.68. The second kappa shape index (κ2) is 4.76. The van der Waals surface area contributed by atoms with Crippen molar-refractivity contribution in [3.8, 4) is 0 Å². The average molecular weight is 225 g/mol. The summed E-state index contributed by atoms with van der Waals surface area (Å²) in [5, 5.41) is 0. The molecule has 0 saturated heterocycles. The summed E-state index contributed by atoms with van der Waals surface area (Å²) in [5.41, 5.74) is 6.14. The van der Waals surface area contributed by atoms with Crippen molar-refractivity contribution in [1.29, 1.82) is 0 Å². The molecule has 1 heterocycles. The van der Waals surface area contributed by atoms with Crippen LogP contribution < -0.4 is 5.73 Å². The van der Waals surface area contributed by atoms with Gasteiger partial charge in [-0.05, 0) is 24.8 Å². The third-order valence-corrected chi connectivity index (χ3v) is 4.00. The molecule has 0 aromatic heterocycles. The van der Waals surface area contributed by atoms with Crippen LogP contribution in [-0.4, -0.2) is 25.4 Å². The molecule has 0 spiro atoms. The molecule has 3 nitrogen and oxygen atoms in total. The minimum Gasteiger partial charge on any atom is -0.496 e. The van der Waals surface area contributed by atoms with Crippen molar-refractivity contribution in [1.82, 2.24) is 0 Å². The van der Waals surface area contributed by atoms with Crippen LogP contribution in [0.4, 0.5) is 0 Å². The summed E-state index contributed by atoms with van der Waals surface area (Å²) < 4.78 is 11.4. The first-order valence-electron chi connectivity index (χ1n) is 6.31. The third-order valence-electron chi connectivity index (χ3n) is 4.00. The van der Waals surface area contributed by atoms with E-state index in [0.717, 1.165) is 31.6 Å². The van der Waals surface area contributed by atoms with Crippen molar-refractivity contribution in [3.63, 3.8) is 0 Å². The van der Waals surface area contributed by atoms with E-state index in [0.29, 0.717) is 5.92 Å². The van der Waals surface area contributed by atoms with Crippen LogP contribution in [0.5, 0.6) is 0 Å². The quantitative estimate of drug-likeness (QED) is 0.801. The smallest absolute Gasteiger partial charge is 0.112 e. The topological polar surface area (TPSA) is 44.5 Å². The highest BCUT2D eigenvalue weighted by molar-refractivity contribution is 5.14. The second-order valence-corrected chi connectivity index (χ2v) is 5.19. The van der Waals surface area contributed by atoms with E-state index in [4.69, 9.17) is 15.2 Å². The van der Waals surface area contributed by atoms with Crippen molar-refractivity contribution in [3.05, 3.63) is 11.8 Å². The van der Waals surface area contributed by atoms with Gasteiger partial charge in [-0.25, -0.2) is 0 Å². The van der Waals surface area contributed by atoms with Gasteiger partial charge in [0.15, 0.2) is 0 Å². The van der Waals surface area contributed by atoms with Gasteiger partial charge in [-0.1, -0.05) is 19.8 Å². The van der Waals surface area contributed by atoms with E-state index in [-0.39, 0.29) is 11.6 Å². The van der Waals surface area contributed by atoms with Crippen LogP contribution in [0.25, 0.3) is 0 Å². The summed E-state index contributed by atoms with van der Waals surface area (Å²) in [6.07, 6.45) is 7.69. The lowest BCUT2D eigenvalue weighted by atomic mass is 9.74. The van der Waals surface area contributed by atoms with Crippen LogP contribution >= 0.6 is 0 Å². The van der Waals surface area contributed by atoms with E-state index in [1.165, 1.54) is 12.8 Å². The fourth-order valence-corrected chi connectivity index (χ4v) is 3.05. The molecule has 0 radical (unpaired) electrons. The zero-order valence-corrected chi connectivity index (χ0v) is 10.4. The molecule has 0 aromatic carbocycles. The molecule has 16 heavy (non-hydrogen) atoms. The zero-order valence-electron chi connectivity index (χ0n) is 10.4. The van der Waals surface area contributed by atoms with Gasteiger partial charge in [-0.15, -0.1) is 0 Å². The van der Waals surface area contributed by atoms with E-state index in [1.807, 2.05) is 0 Å². The van der Waals surface area contributed by atoms with Gasteiger partial charge in [0.1, 0.15) is 5.76 Å². The Kier molecular flexibility index (Phi) is 3.55. The number of hydrogen-bond donors (Lipinski definition) is 1. The molecule has 3 unspecified atom stereocenters. The van der Waals surface area contributed by atoms with Crippen LogP contribution in [0.15, 0.2) is 11.8 Å². The Morgan fingerprint density at radius 3 is 3.00 bits per heavy atom. The molecule has 3 heteroatoms. The number of ether oxygens (including phenoxy) is 2. The Bertz CT molecular complexity index is 277. The number of nitrogens with two attached hydrogens (primary N) is 1. The fraction of sp³-hybridized carbons (Fsp3) is 0.846. The van der Waals surface area contributed by atoms with Crippen molar-refractivity contribution in [2.45, 2.75) is 50.7 Å². The number of hydrogen-bond acceptors (Lipinski definition) is 3. The van der Waals surface area contributed by atoms with Crippen LogP contribution in [0.3, 0.4) is 0 Å². The highest BCUT2D eigenvalue weighted by Gasteiger charge is 2.43. The molecule has 1 aliphatic heterocycles. The largest absolute Gasteiger partial charge is 0.496 e. The summed E-state index contributed by atoms with van der Waals surface area (Å²) >= 11 is 0. The van der Waals surface area contributed by atoms with Crippen LogP contribution in [-0.2, 0) is 9.47 Å². The summed E-state index contributed by atoms with van der Waals surface area (Å²) in [6.45, 7) is 3.06. The molecule has 1 aliphatic carbocycles. The van der Waals surface area contributed by atoms with Crippen LogP contribution in [0, 0.1) is 5.92 Å². The van der Waals surface area contributed by atoms with Crippen molar-refractivity contribution in [2.75, 3.05) is 13.7 Å². The third kappa shape index (κ3) is 2.11. The molecule has 3 atom stereocenters. The molecule has 2 N–H and O–H groups in total. The predicted molar refractivity (Wildman–Crippen MR) is 64.0 cm³/mol. The second-order valence-electron chi connectivity index (χ2n) is 5.19. The Hall–Kier alpha value is -0.540. The SMILES string of the molecule is COC1(C(N)C2=CCCO2)CCCC(C)C1. The van der Waals surface area contributed by atoms with Gasteiger partial charge in [-0.2, -0.15) is 0 Å². The van der Waals surface area contributed by atoms with Crippen LogP contribution in [0.1, 0.15) is 39.0 Å². The van der Waals surface area contributed by atoms with E-state index in [1.54, 1.807) is 7.11 Å². The summed E-state index contributed by atoms with van der Waals surface area (Å²) in [4.78, 5) is 0. The van der Waals surface area contributed by atoms with Crippen molar-refractivity contribution < 1.29 is 9.47 Å². The molecule has 92 valence electrons. The van der Waals surface area contributed by atoms with Crippen LogP contribution in [0.2, 0.25) is 0 Å². The van der Waals surface area contributed by atoms with Gasteiger partial charge in [0.25, 0.3) is 0 Å². The Balaban J connectivity index is 2.12. The first-order valence-corrected chi connectivity index (χ1v) is 6.31. The summed E-state index contributed by atoms with van der Waals surface area (Å²) in [5.74, 6) is 1.64. The zero-order chi connectivity index (χ0) is 11.6. The highest BCUT2D eigenvalue weighted by Crippen LogP contribution is 2.39. The molecule has 0 amide bonds. The molecule has 2 aliphatic rings. The van der Waals surface area contributed by atoms with Gasteiger partial charge in [0.2, 0.25) is 0 Å². The summed E-state index contributed by atoms with van der Waals surface area (Å²) in [6, 6.07) is -0.0947. The fourth-order valence-electron chi connectivity index (χ4n) is 3.05. The van der Waals surface area contributed by atoms with E-state index in [9.17, 15) is 0 Å². The lowest BCUT2D eigenvalue weighted by molar-refractivity contribution is -0.0715. The number of rotatable bonds is 3. The summed E-state index contributed by atoms with van der Waals surface area (Å²) in [7, 11) is 1.79. The predicted octanol–water partition coefficient (Wildman–Crippen LogP) is 2.21. The Morgan fingerprint density at radius 2 is 2.44 bits per heavy atom. The minimum absolute atomic E-state index is 0.0947. The molecule has 2 rings (SSSR count). The maximum atomic E-state index is 6.34. The standard InChI is InChI=1S/C13H23NO2/c1-10-5-3-7-13(9-10,15-2)12(14)11-6-4-8-16-11/h6,10,12H,3-5,7-9,14H2,1-2H3. The molecular formula is C13H23NO2. The average Bonchev–Trinajstić information content (AvgIpc) is 2.81. The van der Waals surface area contributed by atoms with E-state index >= 15 is 0 Å². The maximum absolute atomic E-state index is 6.34. The Labute approximate surface area is 98.0 Å². The lowest BCUT2D eigenvalue weighted by Gasteiger charge is -2.43. The molecule has 0 bridgehead atoms.